The van der Waals surface area contributed by atoms with Crippen LogP contribution < -0.4 is 9.75 Å². The molecule has 0 spiro atoms. The van der Waals surface area contributed by atoms with Crippen LogP contribution >= 0.6 is 12.8 Å². The van der Waals surface area contributed by atoms with Crippen molar-refractivity contribution < 1.29 is 23.1 Å². The van der Waals surface area contributed by atoms with E-state index in [1.54, 1.807) is 47.5 Å². The maximum absolute atomic E-state index is 12.9. The van der Waals surface area contributed by atoms with E-state index in [1.165, 1.54) is 12.1 Å². The Morgan fingerprint density at radius 1 is 1.06 bits per heavy atom. The van der Waals surface area contributed by atoms with E-state index >= 15 is 0 Å². The van der Waals surface area contributed by atoms with Crippen molar-refractivity contribution in [2.45, 2.75) is 13.5 Å². The van der Waals surface area contributed by atoms with Crippen LogP contribution in [0.25, 0.3) is 6.08 Å². The Kier molecular flexibility index (Phi) is 6.46. The molecule has 0 unspecified atom stereocenters. The summed E-state index contributed by atoms with van der Waals surface area (Å²) < 4.78 is 32.5. The summed E-state index contributed by atoms with van der Waals surface area (Å²) >= 11 is 4.23. The van der Waals surface area contributed by atoms with Gasteiger partial charge in [0.25, 0.3) is 10.0 Å². The lowest BCUT2D eigenvalue weighted by atomic mass is 10.1. The van der Waals surface area contributed by atoms with Gasteiger partial charge in [-0.2, -0.15) is 0 Å². The van der Waals surface area contributed by atoms with E-state index in [1.807, 2.05) is 31.2 Å². The van der Waals surface area contributed by atoms with E-state index in [0.717, 1.165) is 26.2 Å². The van der Waals surface area contributed by atoms with Crippen LogP contribution in [0, 0.1) is 6.92 Å². The van der Waals surface area contributed by atoms with Gasteiger partial charge in [0, 0.05) is 0 Å². The summed E-state index contributed by atoms with van der Waals surface area (Å²) in [5, 5.41) is 10.6. The second kappa shape index (κ2) is 9.30. The first-order valence-electron chi connectivity index (χ1n) is 10.1. The molecule has 0 amide bonds. The number of carbonyl (C=O) groups is 1. The Morgan fingerprint density at radius 3 is 2.36 bits per heavy atom. The fraction of sp³-hybridized carbons (Fsp3) is 0.125. The van der Waals surface area contributed by atoms with Crippen LogP contribution in [0.15, 0.2) is 77.7 Å². The smallest absolute Gasteiger partial charge is 0.335 e. The topological polar surface area (TPSA) is 87.1 Å². The molecule has 1 N–H and O–H groups in total. The highest BCUT2D eigenvalue weighted by molar-refractivity contribution is 8.02. The first-order valence-corrected chi connectivity index (χ1v) is 11.9. The number of hydrogen-bond acceptors (Lipinski definition) is 6. The molecule has 1 aliphatic heterocycles. The summed E-state index contributed by atoms with van der Waals surface area (Å²) in [5.41, 5.74) is 3.51. The molecule has 3 aromatic rings. The predicted octanol–water partition coefficient (Wildman–Crippen LogP) is 4.52. The number of para-hydroxylation sites is 1. The highest BCUT2D eigenvalue weighted by atomic mass is 32.3. The fourth-order valence-electron chi connectivity index (χ4n) is 3.43. The Morgan fingerprint density at radius 2 is 1.73 bits per heavy atom. The van der Waals surface area contributed by atoms with Crippen LogP contribution in [0.2, 0.25) is 0 Å². The van der Waals surface area contributed by atoms with Gasteiger partial charge in [-0.25, -0.2) is 13.2 Å². The lowest BCUT2D eigenvalue weighted by molar-refractivity contribution is 0.0697. The summed E-state index contributed by atoms with van der Waals surface area (Å²) in [6, 6.07) is 21.1. The number of anilines is 1. The SMILES string of the molecule is Cc1ccccc1N1C/C(=C/c2ccc(OCc3ccc(C(=O)O)cc3)cc2)S(=O)(=O)N1S. The monoisotopic (exact) mass is 482 g/mol. The van der Waals surface area contributed by atoms with Gasteiger partial charge in [-0.1, -0.05) is 59.1 Å². The number of carboxylic acid groups (broad SMARTS) is 1. The third-order valence-electron chi connectivity index (χ3n) is 5.27. The van der Waals surface area contributed by atoms with Crippen LogP contribution in [0.1, 0.15) is 27.0 Å². The largest absolute Gasteiger partial charge is 0.489 e. The summed E-state index contributed by atoms with van der Waals surface area (Å²) in [4.78, 5) is 11.2. The number of carboxylic acids is 1. The zero-order chi connectivity index (χ0) is 23.6. The standard InChI is InChI=1S/C24H22N2O5S2/c1-17-4-2-3-5-23(17)25-15-22(33(29,30)26(25)32)14-18-8-12-21(13-9-18)31-16-19-6-10-20(11-7-19)24(27)28/h2-14,32H,15-16H2,1H3,(H,27,28)/b22-14-. The molecule has 3 aromatic carbocycles. The quantitative estimate of drug-likeness (QED) is 0.502. The van der Waals surface area contributed by atoms with Crippen LogP contribution in [0.5, 0.6) is 5.75 Å². The predicted molar refractivity (Wildman–Crippen MR) is 130 cm³/mol. The third-order valence-corrected chi connectivity index (χ3v) is 7.66. The van der Waals surface area contributed by atoms with E-state index in [0.29, 0.717) is 5.75 Å². The number of sulfonamides is 1. The number of rotatable bonds is 6. The molecule has 1 heterocycles. The number of benzene rings is 3. The van der Waals surface area contributed by atoms with Gasteiger partial charge in [0.05, 0.1) is 22.7 Å². The average Bonchev–Trinajstić information content (AvgIpc) is 3.02. The van der Waals surface area contributed by atoms with Gasteiger partial charge in [-0.3, -0.25) is 5.01 Å². The second-order valence-electron chi connectivity index (χ2n) is 7.54. The molecule has 4 rings (SSSR count). The van der Waals surface area contributed by atoms with Crippen molar-refractivity contribution in [1.82, 2.24) is 3.82 Å². The molecule has 0 aromatic heterocycles. The van der Waals surface area contributed by atoms with Crippen LogP contribution in [0.3, 0.4) is 0 Å². The number of hydrogen-bond donors (Lipinski definition) is 2. The highest BCUT2D eigenvalue weighted by Gasteiger charge is 2.39. The number of aryl methyl sites for hydroxylation is 1. The molecule has 0 bridgehead atoms. The number of ether oxygens (including phenoxy) is 1. The number of thiol groups is 1. The second-order valence-corrected chi connectivity index (χ2v) is 10.0. The van der Waals surface area contributed by atoms with Gasteiger partial charge < -0.3 is 9.84 Å². The molecule has 0 aliphatic carbocycles. The van der Waals surface area contributed by atoms with Crippen molar-refractivity contribution in [2.24, 2.45) is 0 Å². The van der Waals surface area contributed by atoms with E-state index in [9.17, 15) is 13.2 Å². The molecule has 0 atom stereocenters. The maximum Gasteiger partial charge on any atom is 0.335 e. The number of nitrogens with zero attached hydrogens (tertiary/aromatic N) is 2. The molecule has 1 fully saturated rings. The van der Waals surface area contributed by atoms with Crippen LogP contribution in [-0.2, 0) is 16.6 Å². The molecule has 9 heteroatoms. The maximum atomic E-state index is 12.9. The fourth-order valence-corrected chi connectivity index (χ4v) is 5.09. The molecule has 7 nitrogen and oxygen atoms in total. The normalized spacial score (nSPS) is 16.8. The molecular weight excluding hydrogens is 460 g/mol. The van der Waals surface area contributed by atoms with Crippen molar-refractivity contribution in [3.63, 3.8) is 0 Å². The summed E-state index contributed by atoms with van der Waals surface area (Å²) in [7, 11) is -3.73. The Bertz CT molecular complexity index is 1300. The first kappa shape index (κ1) is 22.9. The molecule has 0 saturated carbocycles. The van der Waals surface area contributed by atoms with Gasteiger partial charge in [0.15, 0.2) is 0 Å². The summed E-state index contributed by atoms with van der Waals surface area (Å²) in [6.07, 6.45) is 1.63. The minimum atomic E-state index is -3.73. The minimum absolute atomic E-state index is 0.182. The third kappa shape index (κ3) is 4.90. The lowest BCUT2D eigenvalue weighted by Crippen LogP contribution is -2.31. The minimum Gasteiger partial charge on any atom is -0.489 e. The number of hydrazine groups is 1. The van der Waals surface area contributed by atoms with Gasteiger partial charge in [-0.05, 0) is 60.0 Å². The van der Waals surface area contributed by atoms with Crippen molar-refractivity contribution in [3.05, 3.63) is 100.0 Å². The van der Waals surface area contributed by atoms with E-state index in [-0.39, 0.29) is 23.6 Å². The molecule has 0 radical (unpaired) electrons. The van der Waals surface area contributed by atoms with Gasteiger partial charge >= 0.3 is 5.97 Å². The van der Waals surface area contributed by atoms with E-state index in [2.05, 4.69) is 12.8 Å². The van der Waals surface area contributed by atoms with E-state index in [4.69, 9.17) is 9.84 Å². The highest BCUT2D eigenvalue weighted by Crippen LogP contribution is 2.35. The van der Waals surface area contributed by atoms with Crippen molar-refractivity contribution in [3.8, 4) is 5.75 Å². The molecule has 170 valence electrons. The number of aromatic carboxylic acids is 1. The summed E-state index contributed by atoms with van der Waals surface area (Å²) in [6.45, 7) is 2.39. The first-order chi connectivity index (χ1) is 15.8. The zero-order valence-corrected chi connectivity index (χ0v) is 19.5. The van der Waals surface area contributed by atoms with Gasteiger partial charge in [0.2, 0.25) is 0 Å². The van der Waals surface area contributed by atoms with Gasteiger partial charge in [-0.15, -0.1) is 0 Å². The van der Waals surface area contributed by atoms with Crippen molar-refractivity contribution >= 4 is 40.6 Å². The Hall–Kier alpha value is -3.27. The molecule has 1 saturated heterocycles. The average molecular weight is 483 g/mol. The molecule has 1 aliphatic rings. The zero-order valence-electron chi connectivity index (χ0n) is 17.7. The molecule has 33 heavy (non-hydrogen) atoms. The molecular formula is C24H22N2O5S2. The van der Waals surface area contributed by atoms with Crippen molar-refractivity contribution in [1.29, 1.82) is 0 Å². The van der Waals surface area contributed by atoms with Crippen molar-refractivity contribution in [2.75, 3.05) is 11.6 Å². The Balaban J connectivity index is 1.47. The summed E-state index contributed by atoms with van der Waals surface area (Å²) in [5.74, 6) is -0.356. The van der Waals surface area contributed by atoms with Gasteiger partial charge in [0.1, 0.15) is 12.4 Å². The van der Waals surface area contributed by atoms with E-state index < -0.39 is 16.0 Å². The van der Waals surface area contributed by atoms with Crippen LogP contribution in [0.4, 0.5) is 5.69 Å². The lowest BCUT2D eigenvalue weighted by Gasteiger charge is -2.23. The Labute approximate surface area is 198 Å². The van der Waals surface area contributed by atoms with Crippen LogP contribution in [-0.4, -0.2) is 29.9 Å².